The first kappa shape index (κ1) is 29.1. The fourth-order valence-corrected chi connectivity index (χ4v) is 6.99. The van der Waals surface area contributed by atoms with Gasteiger partial charge >= 0.3 is 0 Å². The van der Waals surface area contributed by atoms with E-state index in [1.807, 2.05) is 0 Å². The van der Waals surface area contributed by atoms with E-state index < -0.39 is 35.1 Å². The quantitative estimate of drug-likeness (QED) is 0.262. The Bertz CT molecular complexity index is 1420. The number of nitrogens with one attached hydrogen (secondary N) is 4. The summed E-state index contributed by atoms with van der Waals surface area (Å²) in [5.74, 6) is -1.05. The first-order valence-electron chi connectivity index (χ1n) is 14.3. The van der Waals surface area contributed by atoms with Gasteiger partial charge in [0, 0.05) is 32.8 Å². The fourth-order valence-electron chi connectivity index (χ4n) is 6.99. The topological polar surface area (TPSA) is 186 Å². The molecule has 2 heterocycles. The zero-order chi connectivity index (χ0) is 30.0. The van der Waals surface area contributed by atoms with Crippen LogP contribution in [0.5, 0.6) is 0 Å². The summed E-state index contributed by atoms with van der Waals surface area (Å²) in [5, 5.41) is 14.3. The molecule has 2 aromatic rings. The van der Waals surface area contributed by atoms with Crippen molar-refractivity contribution >= 4 is 35.1 Å². The molecule has 4 bridgehead atoms. The summed E-state index contributed by atoms with van der Waals surface area (Å²) in [5.41, 5.74) is -0.693. The summed E-state index contributed by atoms with van der Waals surface area (Å²) in [6.45, 7) is -0.197. The second-order valence-electron chi connectivity index (χ2n) is 11.7. The van der Waals surface area contributed by atoms with Gasteiger partial charge in [0.2, 0.25) is 23.4 Å². The third kappa shape index (κ3) is 6.42. The highest BCUT2D eigenvalue weighted by Crippen LogP contribution is 2.53. The number of nitrogens with zero attached hydrogens (tertiary/aromatic N) is 4. The number of anilines is 1. The van der Waals surface area contributed by atoms with Crippen LogP contribution in [0.2, 0.25) is 0 Å². The van der Waals surface area contributed by atoms with Gasteiger partial charge in [0.05, 0.1) is 0 Å². The standard InChI is InChI=1S/C28H36N8O6/c1-29-26(40)21(37)6-5-19(31-27(41)24-30-14-35(2)34-24)25(39)32-20-4-3-7-36(28(20)42)13-22(38)33-23-17-9-15-8-16(11-17)12-18(23)10-15/h3-4,7,14-19,23H,5-6,8-13H2,1-2H3,(H,29,40)(H,31,41)(H,32,39)(H,33,38)/t15?,16?,17?,18?,19-,23?/m0/s1. The molecule has 4 aliphatic carbocycles. The maximum atomic E-state index is 13.2. The van der Waals surface area contributed by atoms with Crippen molar-refractivity contribution in [3.05, 3.63) is 40.8 Å². The van der Waals surface area contributed by atoms with Crippen LogP contribution in [0.25, 0.3) is 0 Å². The smallest absolute Gasteiger partial charge is 0.291 e. The number of hydrogen-bond donors (Lipinski definition) is 4. The average Bonchev–Trinajstić information content (AvgIpc) is 3.40. The van der Waals surface area contributed by atoms with Crippen LogP contribution < -0.4 is 26.8 Å². The van der Waals surface area contributed by atoms with Crippen molar-refractivity contribution in [2.24, 2.45) is 30.7 Å². The maximum Gasteiger partial charge on any atom is 0.291 e. The maximum absolute atomic E-state index is 13.2. The number of carbonyl (C=O) groups excluding carboxylic acids is 5. The van der Waals surface area contributed by atoms with Gasteiger partial charge in [-0.05, 0) is 74.3 Å². The number of hydrogen-bond acceptors (Lipinski definition) is 8. The number of rotatable bonds is 11. The largest absolute Gasteiger partial charge is 0.353 e. The summed E-state index contributed by atoms with van der Waals surface area (Å²) >= 11 is 0. The molecule has 0 spiro atoms. The molecule has 0 aliphatic heterocycles. The SMILES string of the molecule is CNC(=O)C(=O)CC[C@H](NC(=O)c1ncn(C)n1)C(=O)Nc1cccn(CC(=O)NC2C3CC4CC(C3)CC2C4)c1=O. The van der Waals surface area contributed by atoms with E-state index >= 15 is 0 Å². The van der Waals surface area contributed by atoms with E-state index in [0.29, 0.717) is 11.8 Å². The molecular formula is C28H36N8O6. The number of pyridine rings is 1. The lowest BCUT2D eigenvalue weighted by molar-refractivity contribution is -0.137. The Labute approximate surface area is 242 Å². The first-order valence-corrected chi connectivity index (χ1v) is 14.3. The first-order chi connectivity index (χ1) is 20.1. The molecule has 0 radical (unpaired) electrons. The lowest BCUT2D eigenvalue weighted by Gasteiger charge is -2.54. The van der Waals surface area contributed by atoms with E-state index in [0.717, 1.165) is 37.5 Å². The molecule has 4 fully saturated rings. The van der Waals surface area contributed by atoms with Gasteiger partial charge in [0.15, 0.2) is 0 Å². The molecule has 0 saturated heterocycles. The Morgan fingerprint density at radius 2 is 1.74 bits per heavy atom. The molecule has 4 aliphatic rings. The van der Waals surface area contributed by atoms with Crippen molar-refractivity contribution < 1.29 is 24.0 Å². The van der Waals surface area contributed by atoms with Gasteiger partial charge in [-0.2, -0.15) is 0 Å². The summed E-state index contributed by atoms with van der Waals surface area (Å²) in [6, 6.07) is 1.78. The van der Waals surface area contributed by atoms with Crippen molar-refractivity contribution in [3.8, 4) is 0 Å². The van der Waals surface area contributed by atoms with Gasteiger partial charge in [0.25, 0.3) is 17.4 Å². The van der Waals surface area contributed by atoms with Gasteiger partial charge in [-0.25, -0.2) is 4.98 Å². The third-order valence-corrected chi connectivity index (χ3v) is 8.71. The zero-order valence-corrected chi connectivity index (χ0v) is 23.7. The molecule has 14 nitrogen and oxygen atoms in total. The van der Waals surface area contributed by atoms with Gasteiger partial charge in [-0.15, -0.1) is 5.10 Å². The molecule has 0 aromatic carbocycles. The number of ketones is 1. The van der Waals surface area contributed by atoms with Gasteiger partial charge in [-0.3, -0.25) is 33.4 Å². The molecule has 224 valence electrons. The summed E-state index contributed by atoms with van der Waals surface area (Å²) in [4.78, 5) is 79.6. The van der Waals surface area contributed by atoms with Crippen molar-refractivity contribution in [1.82, 2.24) is 35.3 Å². The van der Waals surface area contributed by atoms with Crippen molar-refractivity contribution in [3.63, 3.8) is 0 Å². The van der Waals surface area contributed by atoms with E-state index in [-0.39, 0.29) is 42.8 Å². The molecule has 4 N–H and O–H groups in total. The van der Waals surface area contributed by atoms with E-state index in [4.69, 9.17) is 0 Å². The molecule has 14 heteroatoms. The average molecular weight is 581 g/mol. The highest BCUT2D eigenvalue weighted by Gasteiger charge is 2.48. The lowest BCUT2D eigenvalue weighted by atomic mass is 9.54. The Balaban J connectivity index is 1.24. The normalized spacial score (nSPS) is 24.5. The molecule has 0 unspecified atom stereocenters. The highest BCUT2D eigenvalue weighted by molar-refractivity contribution is 6.36. The Morgan fingerprint density at radius 3 is 2.36 bits per heavy atom. The Kier molecular flexibility index (Phi) is 8.50. The van der Waals surface area contributed by atoms with Crippen molar-refractivity contribution in [2.75, 3.05) is 12.4 Å². The van der Waals surface area contributed by atoms with Crippen LogP contribution in [-0.4, -0.2) is 67.9 Å². The van der Waals surface area contributed by atoms with Crippen molar-refractivity contribution in [1.29, 1.82) is 0 Å². The molecule has 6 rings (SSSR count). The minimum absolute atomic E-state index is 0.0993. The van der Waals surface area contributed by atoms with Gasteiger partial charge in [-0.1, -0.05) is 0 Å². The van der Waals surface area contributed by atoms with E-state index in [2.05, 4.69) is 31.3 Å². The zero-order valence-electron chi connectivity index (χ0n) is 23.7. The van der Waals surface area contributed by atoms with E-state index in [1.165, 1.54) is 47.4 Å². The second-order valence-corrected chi connectivity index (χ2v) is 11.7. The Hall–Kier alpha value is -4.36. The van der Waals surface area contributed by atoms with Crippen LogP contribution in [0.15, 0.2) is 29.5 Å². The fraction of sp³-hybridized carbons (Fsp3) is 0.571. The van der Waals surface area contributed by atoms with Crippen LogP contribution in [0.4, 0.5) is 5.69 Å². The minimum Gasteiger partial charge on any atom is -0.353 e. The number of Topliss-reactive ketones (excluding diaryl/α,β-unsaturated/α-hetero) is 1. The highest BCUT2D eigenvalue weighted by atomic mass is 16.2. The van der Waals surface area contributed by atoms with E-state index in [9.17, 15) is 28.8 Å². The van der Waals surface area contributed by atoms with Gasteiger partial charge < -0.3 is 25.8 Å². The van der Waals surface area contributed by atoms with Gasteiger partial charge in [0.1, 0.15) is 24.6 Å². The number of carbonyl (C=O) groups is 5. The number of aromatic nitrogens is 4. The third-order valence-electron chi connectivity index (χ3n) is 8.71. The summed E-state index contributed by atoms with van der Waals surface area (Å²) in [6.07, 6.45) is 8.17. The van der Waals surface area contributed by atoms with E-state index in [1.54, 1.807) is 7.05 Å². The second kappa shape index (κ2) is 12.2. The number of aryl methyl sites for hydroxylation is 1. The minimum atomic E-state index is -1.29. The number of amides is 4. The molecule has 1 atom stereocenters. The molecule has 42 heavy (non-hydrogen) atoms. The lowest BCUT2D eigenvalue weighted by Crippen LogP contribution is -2.56. The molecular weight excluding hydrogens is 544 g/mol. The van der Waals surface area contributed by atoms with Crippen LogP contribution >= 0.6 is 0 Å². The molecule has 4 saturated carbocycles. The monoisotopic (exact) mass is 580 g/mol. The predicted molar refractivity (Wildman–Crippen MR) is 149 cm³/mol. The Morgan fingerprint density at radius 1 is 1.05 bits per heavy atom. The molecule has 2 aromatic heterocycles. The number of likely N-dealkylation sites (N-methyl/N-ethyl adjacent to an activating group) is 1. The van der Waals surface area contributed by atoms with Crippen molar-refractivity contribution in [2.45, 2.75) is 63.6 Å². The predicted octanol–water partition coefficient (Wildman–Crippen LogP) is -0.250. The molecule has 4 amide bonds. The summed E-state index contributed by atoms with van der Waals surface area (Å²) in [7, 11) is 2.88. The summed E-state index contributed by atoms with van der Waals surface area (Å²) < 4.78 is 2.53. The van der Waals surface area contributed by atoms with Crippen LogP contribution in [0.1, 0.15) is 55.6 Å². The van der Waals surface area contributed by atoms with Crippen LogP contribution in [0.3, 0.4) is 0 Å². The van der Waals surface area contributed by atoms with Crippen LogP contribution in [-0.2, 0) is 32.8 Å². The van der Waals surface area contributed by atoms with Crippen LogP contribution in [0, 0.1) is 23.7 Å².